The second-order valence-corrected chi connectivity index (χ2v) is 6.76. The molecule has 1 heterocycles. The topological polar surface area (TPSA) is 79.3 Å². The van der Waals surface area contributed by atoms with E-state index in [4.69, 9.17) is 5.11 Å². The Kier molecular flexibility index (Phi) is 4.31. The number of anilines is 1. The molecule has 5 nitrogen and oxygen atoms in total. The number of thioether (sulfide) groups is 1. The monoisotopic (exact) mass is 344 g/mol. The molecule has 0 saturated heterocycles. The van der Waals surface area contributed by atoms with Gasteiger partial charge in [0.1, 0.15) is 0 Å². The number of carboxylic acids is 1. The van der Waals surface area contributed by atoms with Gasteiger partial charge in [-0.1, -0.05) is 23.9 Å². The van der Waals surface area contributed by atoms with Crippen LogP contribution in [0.3, 0.4) is 0 Å². The second kappa shape index (κ2) is 6.39. The summed E-state index contributed by atoms with van der Waals surface area (Å²) in [5, 5.41) is 11.9. The molecule has 0 spiro atoms. The molecule has 0 bridgehead atoms. The molecule has 0 fully saturated rings. The number of rotatable bonds is 4. The fraction of sp³-hybridized carbons (Fsp3) is 0.0625. The summed E-state index contributed by atoms with van der Waals surface area (Å²) in [6, 6.07) is 11.6. The van der Waals surface area contributed by atoms with Gasteiger partial charge in [0.25, 0.3) is 5.91 Å². The van der Waals surface area contributed by atoms with Gasteiger partial charge < -0.3 is 10.4 Å². The van der Waals surface area contributed by atoms with Gasteiger partial charge in [0.15, 0.2) is 4.34 Å². The Morgan fingerprint density at radius 2 is 1.91 bits per heavy atom. The first-order chi connectivity index (χ1) is 11.1. The first kappa shape index (κ1) is 15.5. The maximum Gasteiger partial charge on any atom is 0.336 e. The minimum atomic E-state index is -1.13. The molecule has 116 valence electrons. The Balaban J connectivity index is 1.89. The summed E-state index contributed by atoms with van der Waals surface area (Å²) in [6.07, 6.45) is 1.96. The highest BCUT2D eigenvalue weighted by atomic mass is 32.2. The lowest BCUT2D eigenvalue weighted by Crippen LogP contribution is -2.16. The van der Waals surface area contributed by atoms with E-state index >= 15 is 0 Å². The van der Waals surface area contributed by atoms with Crippen LogP contribution in [-0.4, -0.2) is 28.2 Å². The summed E-state index contributed by atoms with van der Waals surface area (Å²) in [4.78, 5) is 28.0. The van der Waals surface area contributed by atoms with Crippen molar-refractivity contribution in [2.24, 2.45) is 0 Å². The van der Waals surface area contributed by atoms with E-state index in [9.17, 15) is 9.59 Å². The van der Waals surface area contributed by atoms with Crippen LogP contribution >= 0.6 is 23.1 Å². The van der Waals surface area contributed by atoms with E-state index in [1.807, 2.05) is 18.4 Å². The van der Waals surface area contributed by atoms with Gasteiger partial charge in [0.05, 0.1) is 21.3 Å². The third kappa shape index (κ3) is 3.20. The second-order valence-electron chi connectivity index (χ2n) is 4.67. The van der Waals surface area contributed by atoms with Crippen molar-refractivity contribution in [3.05, 3.63) is 53.6 Å². The summed E-state index contributed by atoms with van der Waals surface area (Å²) < 4.78 is 1.93. The molecular weight excluding hydrogens is 332 g/mol. The van der Waals surface area contributed by atoms with E-state index in [1.54, 1.807) is 41.3 Å². The van der Waals surface area contributed by atoms with E-state index in [1.165, 1.54) is 12.1 Å². The summed E-state index contributed by atoms with van der Waals surface area (Å²) in [5.41, 5.74) is 1.60. The van der Waals surface area contributed by atoms with E-state index in [-0.39, 0.29) is 11.1 Å². The number of nitrogens with zero attached hydrogens (tertiary/aromatic N) is 1. The maximum absolute atomic E-state index is 12.3. The maximum atomic E-state index is 12.3. The van der Waals surface area contributed by atoms with Crippen molar-refractivity contribution in [3.63, 3.8) is 0 Å². The highest BCUT2D eigenvalue weighted by molar-refractivity contribution is 8.00. The zero-order chi connectivity index (χ0) is 16.4. The number of carbonyl (C=O) groups is 2. The molecule has 2 N–H and O–H groups in total. The number of hydrogen-bond donors (Lipinski definition) is 2. The summed E-state index contributed by atoms with van der Waals surface area (Å²) in [6.45, 7) is 0. The molecule has 0 atom stereocenters. The molecule has 7 heteroatoms. The first-order valence-corrected chi connectivity index (χ1v) is 8.71. The number of amides is 1. The number of fused-ring (bicyclic) bond motifs is 1. The lowest BCUT2D eigenvalue weighted by Gasteiger charge is -2.07. The number of carbonyl (C=O) groups excluding carboxylic acids is 1. The standard InChI is InChI=1S/C16H12N2O3S2/c1-22-16-18-12-7-6-9(8-13(12)23-16)17-14(19)10-4-2-3-5-11(10)15(20)21/h2-8H,1H3,(H,17,19)(H,20,21). The smallest absolute Gasteiger partial charge is 0.336 e. The van der Waals surface area contributed by atoms with Gasteiger partial charge in [-0.25, -0.2) is 9.78 Å². The average molecular weight is 344 g/mol. The van der Waals surface area contributed by atoms with E-state index in [2.05, 4.69) is 10.3 Å². The van der Waals surface area contributed by atoms with Crippen molar-refractivity contribution in [2.75, 3.05) is 11.6 Å². The quantitative estimate of drug-likeness (QED) is 0.700. The van der Waals surface area contributed by atoms with E-state index in [0.29, 0.717) is 5.69 Å². The molecule has 0 unspecified atom stereocenters. The van der Waals surface area contributed by atoms with Gasteiger partial charge in [-0.3, -0.25) is 4.79 Å². The highest BCUT2D eigenvalue weighted by Gasteiger charge is 2.16. The number of hydrogen-bond acceptors (Lipinski definition) is 5. The summed E-state index contributed by atoms with van der Waals surface area (Å²) >= 11 is 3.12. The number of aromatic carboxylic acids is 1. The third-order valence-corrected chi connectivity index (χ3v) is 5.21. The molecule has 1 aromatic heterocycles. The zero-order valence-electron chi connectivity index (χ0n) is 12.1. The molecule has 0 saturated carbocycles. The molecule has 3 aromatic rings. The fourth-order valence-electron chi connectivity index (χ4n) is 2.13. The van der Waals surface area contributed by atoms with Crippen molar-refractivity contribution >= 4 is 50.9 Å². The predicted octanol–water partition coefficient (Wildman–Crippen LogP) is 3.97. The van der Waals surface area contributed by atoms with Crippen LogP contribution in [0.15, 0.2) is 46.8 Å². The molecular formula is C16H12N2O3S2. The number of nitrogens with one attached hydrogen (secondary N) is 1. The molecule has 2 aromatic carbocycles. The average Bonchev–Trinajstić information content (AvgIpc) is 2.97. The van der Waals surface area contributed by atoms with Crippen molar-refractivity contribution < 1.29 is 14.7 Å². The van der Waals surface area contributed by atoms with Crippen molar-refractivity contribution in [1.29, 1.82) is 0 Å². The Morgan fingerprint density at radius 1 is 1.17 bits per heavy atom. The Labute approximate surface area is 140 Å². The lowest BCUT2D eigenvalue weighted by atomic mass is 10.1. The van der Waals surface area contributed by atoms with Crippen molar-refractivity contribution in [3.8, 4) is 0 Å². The highest BCUT2D eigenvalue weighted by Crippen LogP contribution is 2.30. The van der Waals surface area contributed by atoms with Gasteiger partial charge in [-0.2, -0.15) is 0 Å². The van der Waals surface area contributed by atoms with Crippen LogP contribution in [0.2, 0.25) is 0 Å². The van der Waals surface area contributed by atoms with Crippen LogP contribution in [0.5, 0.6) is 0 Å². The molecule has 0 radical (unpaired) electrons. The van der Waals surface area contributed by atoms with E-state index in [0.717, 1.165) is 14.6 Å². The number of benzene rings is 2. The summed E-state index contributed by atoms with van der Waals surface area (Å²) in [5.74, 6) is -1.57. The third-order valence-electron chi connectivity index (χ3n) is 3.20. The minimum absolute atomic E-state index is 0.0199. The Morgan fingerprint density at radius 3 is 2.61 bits per heavy atom. The van der Waals surface area contributed by atoms with Gasteiger partial charge in [0, 0.05) is 5.69 Å². The number of carboxylic acid groups (broad SMARTS) is 1. The molecule has 0 aliphatic heterocycles. The van der Waals surface area contributed by atoms with Crippen LogP contribution in [0.1, 0.15) is 20.7 Å². The van der Waals surface area contributed by atoms with Gasteiger partial charge in [-0.05, 0) is 36.6 Å². The minimum Gasteiger partial charge on any atom is -0.478 e. The lowest BCUT2D eigenvalue weighted by molar-refractivity contribution is 0.0692. The Hall–Kier alpha value is -2.38. The molecule has 1 amide bonds. The molecule has 23 heavy (non-hydrogen) atoms. The number of thiazole rings is 1. The van der Waals surface area contributed by atoms with Gasteiger partial charge in [-0.15, -0.1) is 11.3 Å². The first-order valence-electron chi connectivity index (χ1n) is 6.67. The largest absolute Gasteiger partial charge is 0.478 e. The molecule has 3 rings (SSSR count). The molecule has 0 aliphatic carbocycles. The van der Waals surface area contributed by atoms with Crippen LogP contribution in [0.4, 0.5) is 5.69 Å². The summed E-state index contributed by atoms with van der Waals surface area (Å²) in [7, 11) is 0. The normalized spacial score (nSPS) is 10.7. The van der Waals surface area contributed by atoms with Gasteiger partial charge >= 0.3 is 5.97 Å². The van der Waals surface area contributed by atoms with Crippen LogP contribution in [-0.2, 0) is 0 Å². The Bertz CT molecular complexity index is 905. The van der Waals surface area contributed by atoms with Crippen LogP contribution in [0.25, 0.3) is 10.2 Å². The van der Waals surface area contributed by atoms with E-state index < -0.39 is 11.9 Å². The molecule has 0 aliphatic rings. The van der Waals surface area contributed by atoms with Crippen molar-refractivity contribution in [2.45, 2.75) is 4.34 Å². The number of aromatic nitrogens is 1. The van der Waals surface area contributed by atoms with Gasteiger partial charge in [0.2, 0.25) is 0 Å². The predicted molar refractivity (Wildman–Crippen MR) is 92.8 cm³/mol. The zero-order valence-corrected chi connectivity index (χ0v) is 13.7. The van der Waals surface area contributed by atoms with Crippen molar-refractivity contribution in [1.82, 2.24) is 4.98 Å². The fourth-order valence-corrected chi connectivity index (χ4v) is 3.66. The van der Waals surface area contributed by atoms with Crippen LogP contribution < -0.4 is 5.32 Å². The SMILES string of the molecule is CSc1nc2ccc(NC(=O)c3ccccc3C(=O)O)cc2s1. The van der Waals surface area contributed by atoms with Crippen LogP contribution in [0, 0.1) is 0 Å².